The molecule has 18 heavy (non-hydrogen) atoms. The van der Waals surface area contributed by atoms with Crippen molar-refractivity contribution in [2.24, 2.45) is 0 Å². The smallest absolute Gasteiger partial charge is 0.337 e. The summed E-state index contributed by atoms with van der Waals surface area (Å²) in [6.07, 6.45) is 1.33. The number of carboxylic acid groups (broad SMARTS) is 1. The third kappa shape index (κ3) is 2.49. The second-order valence-corrected chi connectivity index (χ2v) is 3.74. The number of benzene rings is 1. The van der Waals surface area contributed by atoms with Crippen molar-refractivity contribution in [2.45, 2.75) is 0 Å². The molecule has 1 aromatic heterocycles. The van der Waals surface area contributed by atoms with E-state index < -0.39 is 11.9 Å². The molecule has 2 N–H and O–H groups in total. The van der Waals surface area contributed by atoms with Crippen LogP contribution in [0.3, 0.4) is 0 Å². The van der Waals surface area contributed by atoms with Crippen molar-refractivity contribution < 1.29 is 19.2 Å². The number of carboxylic acids is 1. The van der Waals surface area contributed by atoms with E-state index in [0.717, 1.165) is 0 Å². The summed E-state index contributed by atoms with van der Waals surface area (Å²) in [6.45, 7) is 0. The number of halogens is 1. The van der Waals surface area contributed by atoms with E-state index in [1.807, 2.05) is 0 Å². The van der Waals surface area contributed by atoms with Crippen LogP contribution in [0.25, 0.3) is 0 Å². The van der Waals surface area contributed by atoms with Crippen LogP contribution in [0, 0.1) is 0 Å². The Kier molecular flexibility index (Phi) is 3.29. The standard InChI is InChI=1S/C11H7ClN2O4/c12-8-2-1-6(5-7(8)11(16)17)14-10(15)9-3-4-13-18-9/h1-5H,(H,14,15)(H,16,17). The van der Waals surface area contributed by atoms with Crippen molar-refractivity contribution in [3.05, 3.63) is 46.8 Å². The quantitative estimate of drug-likeness (QED) is 0.889. The molecule has 0 fully saturated rings. The Morgan fingerprint density at radius 1 is 1.33 bits per heavy atom. The highest BCUT2D eigenvalue weighted by Crippen LogP contribution is 2.21. The summed E-state index contributed by atoms with van der Waals surface area (Å²) in [7, 11) is 0. The summed E-state index contributed by atoms with van der Waals surface area (Å²) in [4.78, 5) is 22.5. The normalized spacial score (nSPS) is 10.1. The van der Waals surface area contributed by atoms with Crippen LogP contribution in [0.1, 0.15) is 20.9 Å². The fourth-order valence-corrected chi connectivity index (χ4v) is 1.49. The van der Waals surface area contributed by atoms with Crippen LogP contribution in [0.5, 0.6) is 0 Å². The van der Waals surface area contributed by atoms with Crippen molar-refractivity contribution in [3.8, 4) is 0 Å². The number of nitrogens with one attached hydrogen (secondary N) is 1. The Labute approximate surface area is 106 Å². The highest BCUT2D eigenvalue weighted by atomic mass is 35.5. The minimum Gasteiger partial charge on any atom is -0.478 e. The molecule has 1 amide bonds. The Bertz CT molecular complexity index is 595. The monoisotopic (exact) mass is 266 g/mol. The lowest BCUT2D eigenvalue weighted by Gasteiger charge is -2.05. The molecule has 0 atom stereocenters. The van der Waals surface area contributed by atoms with Gasteiger partial charge in [0, 0.05) is 11.8 Å². The zero-order valence-corrected chi connectivity index (χ0v) is 9.64. The van der Waals surface area contributed by atoms with Gasteiger partial charge in [0.05, 0.1) is 16.8 Å². The minimum atomic E-state index is -1.17. The Morgan fingerprint density at radius 2 is 2.11 bits per heavy atom. The molecule has 2 rings (SSSR count). The Hall–Kier alpha value is -2.34. The van der Waals surface area contributed by atoms with Gasteiger partial charge in [0.1, 0.15) is 0 Å². The summed E-state index contributed by atoms with van der Waals surface area (Å²) in [5.74, 6) is -1.66. The maximum absolute atomic E-state index is 11.6. The summed E-state index contributed by atoms with van der Waals surface area (Å²) >= 11 is 5.71. The van der Waals surface area contributed by atoms with Crippen molar-refractivity contribution in [1.82, 2.24) is 5.16 Å². The molecule has 0 saturated carbocycles. The first-order chi connectivity index (χ1) is 8.58. The molecule has 0 radical (unpaired) electrons. The predicted octanol–water partition coefficient (Wildman–Crippen LogP) is 2.28. The zero-order chi connectivity index (χ0) is 13.1. The average Bonchev–Trinajstić information content (AvgIpc) is 2.85. The molecule has 0 saturated heterocycles. The summed E-state index contributed by atoms with van der Waals surface area (Å²) in [5.41, 5.74) is 0.213. The van der Waals surface area contributed by atoms with Crippen molar-refractivity contribution in [2.75, 3.05) is 5.32 Å². The number of hydrogen-bond donors (Lipinski definition) is 2. The molecule has 6 nitrogen and oxygen atoms in total. The molecule has 0 aliphatic heterocycles. The average molecular weight is 267 g/mol. The van der Waals surface area contributed by atoms with E-state index in [4.69, 9.17) is 16.7 Å². The number of anilines is 1. The Morgan fingerprint density at radius 3 is 2.72 bits per heavy atom. The van der Waals surface area contributed by atoms with Gasteiger partial charge < -0.3 is 14.9 Å². The van der Waals surface area contributed by atoms with E-state index in [9.17, 15) is 9.59 Å². The molecule has 1 heterocycles. The van der Waals surface area contributed by atoms with Crippen LogP contribution in [-0.2, 0) is 0 Å². The first-order valence-corrected chi connectivity index (χ1v) is 5.20. The molecule has 92 valence electrons. The number of rotatable bonds is 3. The molecule has 0 aliphatic rings. The fourth-order valence-electron chi connectivity index (χ4n) is 1.29. The maximum atomic E-state index is 11.6. The number of aromatic carboxylic acids is 1. The van der Waals surface area contributed by atoms with Gasteiger partial charge in [-0.15, -0.1) is 0 Å². The molecule has 0 bridgehead atoms. The van der Waals surface area contributed by atoms with Crippen molar-refractivity contribution in [3.63, 3.8) is 0 Å². The second-order valence-electron chi connectivity index (χ2n) is 3.33. The molecule has 7 heteroatoms. The molecule has 0 unspecified atom stereocenters. The van der Waals surface area contributed by atoms with Gasteiger partial charge in [-0.2, -0.15) is 0 Å². The van der Waals surface area contributed by atoms with E-state index in [2.05, 4.69) is 15.0 Å². The van der Waals surface area contributed by atoms with Gasteiger partial charge in [-0.25, -0.2) is 4.79 Å². The van der Waals surface area contributed by atoms with E-state index in [-0.39, 0.29) is 16.3 Å². The van der Waals surface area contributed by atoms with Crippen LogP contribution in [0.2, 0.25) is 5.02 Å². The molecule has 0 spiro atoms. The zero-order valence-electron chi connectivity index (χ0n) is 8.88. The van der Waals surface area contributed by atoms with Crippen LogP contribution >= 0.6 is 11.6 Å². The van der Waals surface area contributed by atoms with Gasteiger partial charge in [0.15, 0.2) is 0 Å². The first-order valence-electron chi connectivity index (χ1n) is 4.83. The number of carbonyl (C=O) groups excluding carboxylic acids is 1. The maximum Gasteiger partial charge on any atom is 0.337 e. The van der Waals surface area contributed by atoms with Gasteiger partial charge in [-0.3, -0.25) is 4.79 Å². The van der Waals surface area contributed by atoms with Gasteiger partial charge >= 0.3 is 5.97 Å². The van der Waals surface area contributed by atoms with E-state index in [1.165, 1.54) is 30.5 Å². The number of amides is 1. The highest BCUT2D eigenvalue weighted by Gasteiger charge is 2.13. The summed E-state index contributed by atoms with van der Waals surface area (Å²) < 4.78 is 4.66. The van der Waals surface area contributed by atoms with E-state index in [0.29, 0.717) is 5.69 Å². The summed E-state index contributed by atoms with van der Waals surface area (Å²) in [5, 5.41) is 14.8. The SMILES string of the molecule is O=C(Nc1ccc(Cl)c(C(=O)O)c1)c1ccno1. The minimum absolute atomic E-state index is 0.0295. The van der Waals surface area contributed by atoms with Gasteiger partial charge in [0.2, 0.25) is 5.76 Å². The molecular formula is C11H7ClN2O4. The van der Waals surface area contributed by atoms with E-state index in [1.54, 1.807) is 0 Å². The van der Waals surface area contributed by atoms with Gasteiger partial charge in [-0.05, 0) is 18.2 Å². The third-order valence-corrected chi connectivity index (χ3v) is 2.45. The molecule has 1 aromatic carbocycles. The number of hydrogen-bond acceptors (Lipinski definition) is 4. The van der Waals surface area contributed by atoms with Crippen molar-refractivity contribution >= 4 is 29.2 Å². The van der Waals surface area contributed by atoms with Crippen LogP contribution in [0.4, 0.5) is 5.69 Å². The van der Waals surface area contributed by atoms with Crippen LogP contribution in [-0.4, -0.2) is 22.1 Å². The topological polar surface area (TPSA) is 92.4 Å². The number of carbonyl (C=O) groups is 2. The fraction of sp³-hybridized carbons (Fsp3) is 0. The molecule has 0 aliphatic carbocycles. The molecule has 2 aromatic rings. The summed E-state index contributed by atoms with van der Waals surface area (Å²) in [6, 6.07) is 5.53. The van der Waals surface area contributed by atoms with E-state index >= 15 is 0 Å². The van der Waals surface area contributed by atoms with Crippen molar-refractivity contribution in [1.29, 1.82) is 0 Å². The first kappa shape index (κ1) is 12.1. The lowest BCUT2D eigenvalue weighted by Crippen LogP contribution is -2.11. The largest absolute Gasteiger partial charge is 0.478 e. The number of aromatic nitrogens is 1. The third-order valence-electron chi connectivity index (χ3n) is 2.12. The lowest BCUT2D eigenvalue weighted by molar-refractivity contribution is 0.0696. The number of nitrogens with zero attached hydrogens (tertiary/aromatic N) is 1. The van der Waals surface area contributed by atoms with Gasteiger partial charge in [0.25, 0.3) is 5.91 Å². The molecular weight excluding hydrogens is 260 g/mol. The van der Waals surface area contributed by atoms with Crippen LogP contribution < -0.4 is 5.32 Å². The predicted molar refractivity (Wildman–Crippen MR) is 62.9 cm³/mol. The second kappa shape index (κ2) is 4.89. The lowest BCUT2D eigenvalue weighted by atomic mass is 10.2. The van der Waals surface area contributed by atoms with Gasteiger partial charge in [-0.1, -0.05) is 16.8 Å². The van der Waals surface area contributed by atoms with Crippen LogP contribution in [0.15, 0.2) is 35.0 Å². The highest BCUT2D eigenvalue weighted by molar-refractivity contribution is 6.33. The Balaban J connectivity index is 2.22.